The summed E-state index contributed by atoms with van der Waals surface area (Å²) in [6.07, 6.45) is 2.66. The first-order valence-corrected chi connectivity index (χ1v) is 11.3. The number of carbonyl (C=O) groups excluding carboxylic acids is 1. The second-order valence-corrected chi connectivity index (χ2v) is 8.46. The number of hydrogen-bond donors (Lipinski definition) is 1. The maximum Gasteiger partial charge on any atom is 0.234 e. The number of hydrogen-bond acceptors (Lipinski definition) is 6. The molecule has 0 spiro atoms. The van der Waals surface area contributed by atoms with Crippen LogP contribution in [0.25, 0.3) is 5.69 Å². The Morgan fingerprint density at radius 2 is 1.81 bits per heavy atom. The molecule has 1 amide bonds. The van der Waals surface area contributed by atoms with Crippen molar-refractivity contribution in [2.24, 2.45) is 0 Å². The summed E-state index contributed by atoms with van der Waals surface area (Å²) in [6, 6.07) is 17.7. The number of anilines is 2. The summed E-state index contributed by atoms with van der Waals surface area (Å²) in [5.41, 5.74) is 3.82. The van der Waals surface area contributed by atoms with Crippen LogP contribution in [0.15, 0.2) is 53.7 Å². The van der Waals surface area contributed by atoms with Crippen molar-refractivity contribution in [1.82, 2.24) is 14.8 Å². The maximum atomic E-state index is 12.5. The number of rotatable bonds is 7. The minimum Gasteiger partial charge on any atom is -0.341 e. The first kappa shape index (κ1) is 20.9. The highest BCUT2D eigenvalue weighted by Crippen LogP contribution is 2.28. The molecule has 1 aliphatic heterocycles. The third-order valence-corrected chi connectivity index (χ3v) is 6.08. The van der Waals surface area contributed by atoms with Crippen molar-refractivity contribution in [3.63, 3.8) is 0 Å². The fourth-order valence-electron chi connectivity index (χ4n) is 3.52. The van der Waals surface area contributed by atoms with Crippen LogP contribution in [0.1, 0.15) is 24.0 Å². The molecular formula is C23H24N6OS. The van der Waals surface area contributed by atoms with Gasteiger partial charge in [-0.2, -0.15) is 5.26 Å². The average molecular weight is 433 g/mol. The second kappa shape index (κ2) is 9.67. The van der Waals surface area contributed by atoms with E-state index in [1.807, 2.05) is 28.8 Å². The Bertz CT molecular complexity index is 1080. The number of aryl methyl sites for hydroxylation is 1. The lowest BCUT2D eigenvalue weighted by molar-refractivity contribution is -0.113. The summed E-state index contributed by atoms with van der Waals surface area (Å²) in [4.78, 5) is 14.7. The van der Waals surface area contributed by atoms with Gasteiger partial charge in [0.1, 0.15) is 0 Å². The standard InChI is InChI=1S/C23H24N6OS/c1-17-4-10-20(11-5-17)29-22(28-14-2-3-15-28)26-27-23(29)31-16-21(30)25-19-8-6-18(7-9-19)12-13-24/h4-11H,2-3,12,14-16H2,1H3,(H,25,30). The Morgan fingerprint density at radius 3 is 2.48 bits per heavy atom. The van der Waals surface area contributed by atoms with Crippen molar-refractivity contribution in [3.05, 3.63) is 59.7 Å². The number of benzene rings is 2. The zero-order valence-corrected chi connectivity index (χ0v) is 18.2. The largest absolute Gasteiger partial charge is 0.341 e. The van der Waals surface area contributed by atoms with E-state index in [2.05, 4.69) is 57.7 Å². The van der Waals surface area contributed by atoms with E-state index in [0.29, 0.717) is 17.3 Å². The molecule has 7 nitrogen and oxygen atoms in total. The predicted octanol–water partition coefficient (Wildman–Crippen LogP) is 3.97. The summed E-state index contributed by atoms with van der Waals surface area (Å²) in [5, 5.41) is 21.2. The summed E-state index contributed by atoms with van der Waals surface area (Å²) >= 11 is 1.37. The highest BCUT2D eigenvalue weighted by molar-refractivity contribution is 7.99. The topological polar surface area (TPSA) is 86.8 Å². The number of nitriles is 1. The SMILES string of the molecule is Cc1ccc(-n2c(SCC(=O)Nc3ccc(CC#N)cc3)nnc2N2CCCC2)cc1. The molecule has 1 aliphatic rings. The van der Waals surface area contributed by atoms with E-state index in [1.54, 1.807) is 0 Å². The van der Waals surface area contributed by atoms with E-state index in [0.717, 1.165) is 43.1 Å². The molecule has 1 fully saturated rings. The summed E-state index contributed by atoms with van der Waals surface area (Å²) < 4.78 is 2.04. The Kier molecular flexibility index (Phi) is 6.53. The highest BCUT2D eigenvalue weighted by Gasteiger charge is 2.22. The molecule has 8 heteroatoms. The molecule has 0 unspecified atom stereocenters. The molecule has 0 saturated carbocycles. The van der Waals surface area contributed by atoms with E-state index < -0.39 is 0 Å². The molecule has 1 aromatic heterocycles. The fraction of sp³-hybridized carbons (Fsp3) is 0.304. The molecule has 3 aromatic rings. The molecule has 2 aromatic carbocycles. The lowest BCUT2D eigenvalue weighted by Gasteiger charge is -2.18. The van der Waals surface area contributed by atoms with Gasteiger partial charge in [0.15, 0.2) is 5.16 Å². The van der Waals surface area contributed by atoms with Crippen LogP contribution in [0.4, 0.5) is 11.6 Å². The average Bonchev–Trinajstić information content (AvgIpc) is 3.44. The minimum atomic E-state index is -0.112. The minimum absolute atomic E-state index is 0.112. The van der Waals surface area contributed by atoms with Gasteiger partial charge in [0.2, 0.25) is 11.9 Å². The van der Waals surface area contributed by atoms with Crippen LogP contribution in [-0.4, -0.2) is 39.5 Å². The number of amides is 1. The first-order valence-electron chi connectivity index (χ1n) is 10.3. The smallest absolute Gasteiger partial charge is 0.234 e. The van der Waals surface area contributed by atoms with Crippen molar-refractivity contribution >= 4 is 29.3 Å². The molecule has 1 N–H and O–H groups in total. The molecular weight excluding hydrogens is 408 g/mol. The van der Waals surface area contributed by atoms with E-state index in [9.17, 15) is 4.79 Å². The van der Waals surface area contributed by atoms with E-state index in [-0.39, 0.29) is 11.7 Å². The molecule has 0 aliphatic carbocycles. The van der Waals surface area contributed by atoms with E-state index in [1.165, 1.54) is 17.3 Å². The van der Waals surface area contributed by atoms with Gasteiger partial charge in [0, 0.05) is 18.8 Å². The number of nitrogens with one attached hydrogen (secondary N) is 1. The van der Waals surface area contributed by atoms with Gasteiger partial charge in [-0.25, -0.2) is 0 Å². The van der Waals surface area contributed by atoms with Gasteiger partial charge >= 0.3 is 0 Å². The van der Waals surface area contributed by atoms with Gasteiger partial charge in [-0.3, -0.25) is 9.36 Å². The highest BCUT2D eigenvalue weighted by atomic mass is 32.2. The molecule has 2 heterocycles. The predicted molar refractivity (Wildman–Crippen MR) is 123 cm³/mol. The van der Waals surface area contributed by atoms with Crippen LogP contribution >= 0.6 is 11.8 Å². The Labute approximate surface area is 186 Å². The number of nitrogens with zero attached hydrogens (tertiary/aromatic N) is 5. The Hall–Kier alpha value is -3.31. The summed E-state index contributed by atoms with van der Waals surface area (Å²) in [6.45, 7) is 4.00. The Morgan fingerprint density at radius 1 is 1.10 bits per heavy atom. The molecule has 4 rings (SSSR count). The van der Waals surface area contributed by atoms with Crippen molar-refractivity contribution in [1.29, 1.82) is 5.26 Å². The number of aromatic nitrogens is 3. The van der Waals surface area contributed by atoms with Gasteiger partial charge in [-0.05, 0) is 49.6 Å². The number of carbonyl (C=O) groups is 1. The lowest BCUT2D eigenvalue weighted by atomic mass is 10.1. The van der Waals surface area contributed by atoms with Crippen molar-refractivity contribution in [2.75, 3.05) is 29.1 Å². The van der Waals surface area contributed by atoms with E-state index >= 15 is 0 Å². The first-order chi connectivity index (χ1) is 15.1. The fourth-order valence-corrected chi connectivity index (χ4v) is 4.27. The molecule has 0 bridgehead atoms. The van der Waals surface area contributed by atoms with Gasteiger partial charge in [0.25, 0.3) is 0 Å². The van der Waals surface area contributed by atoms with Crippen molar-refractivity contribution in [3.8, 4) is 11.8 Å². The molecule has 1 saturated heterocycles. The van der Waals surface area contributed by atoms with Crippen molar-refractivity contribution in [2.45, 2.75) is 31.3 Å². The molecule has 0 atom stereocenters. The van der Waals surface area contributed by atoms with Crippen LogP contribution in [-0.2, 0) is 11.2 Å². The van der Waals surface area contributed by atoms with Crippen molar-refractivity contribution < 1.29 is 4.79 Å². The normalized spacial score (nSPS) is 13.2. The van der Waals surface area contributed by atoms with Gasteiger partial charge in [-0.15, -0.1) is 10.2 Å². The quantitative estimate of drug-likeness (QED) is 0.569. The van der Waals surface area contributed by atoms with Gasteiger partial charge < -0.3 is 10.2 Å². The van der Waals surface area contributed by atoms with Crippen LogP contribution < -0.4 is 10.2 Å². The van der Waals surface area contributed by atoms with Gasteiger partial charge in [0.05, 0.1) is 23.9 Å². The summed E-state index contributed by atoms with van der Waals surface area (Å²) in [7, 11) is 0. The number of thioether (sulfide) groups is 1. The Balaban J connectivity index is 1.48. The van der Waals surface area contributed by atoms with Crippen LogP contribution in [0, 0.1) is 18.3 Å². The maximum absolute atomic E-state index is 12.5. The molecule has 0 radical (unpaired) electrons. The van der Waals surface area contributed by atoms with Crippen LogP contribution in [0.2, 0.25) is 0 Å². The zero-order valence-electron chi connectivity index (χ0n) is 17.4. The van der Waals surface area contributed by atoms with Crippen LogP contribution in [0.3, 0.4) is 0 Å². The third-order valence-electron chi connectivity index (χ3n) is 5.15. The third kappa shape index (κ3) is 5.06. The molecule has 31 heavy (non-hydrogen) atoms. The molecule has 158 valence electrons. The van der Waals surface area contributed by atoms with Gasteiger partial charge in [-0.1, -0.05) is 41.6 Å². The zero-order chi connectivity index (χ0) is 21.6. The van der Waals surface area contributed by atoms with Crippen LogP contribution in [0.5, 0.6) is 0 Å². The second-order valence-electron chi connectivity index (χ2n) is 7.52. The lowest BCUT2D eigenvalue weighted by Crippen LogP contribution is -2.22. The monoisotopic (exact) mass is 432 g/mol. The van der Waals surface area contributed by atoms with E-state index in [4.69, 9.17) is 5.26 Å². The summed E-state index contributed by atoms with van der Waals surface area (Å²) in [5.74, 6) is 0.945.